The number of carbonyl (C=O) groups is 2. The summed E-state index contributed by atoms with van der Waals surface area (Å²) < 4.78 is 12.5. The summed E-state index contributed by atoms with van der Waals surface area (Å²) in [6.45, 7) is 2.72. The third-order valence-corrected chi connectivity index (χ3v) is 16.2. The Labute approximate surface area is 353 Å². The van der Waals surface area contributed by atoms with Crippen molar-refractivity contribution < 1.29 is 29.3 Å². The van der Waals surface area contributed by atoms with Gasteiger partial charge in [-0.05, 0) is 87.8 Å². The molecule has 58 heavy (non-hydrogen) atoms. The fraction of sp³-hybridized carbons (Fsp3) is 0.630. The molecule has 4 bridgehead atoms. The molecule has 0 radical (unpaired) electrons. The fourth-order valence-electron chi connectivity index (χ4n) is 9.94. The van der Waals surface area contributed by atoms with Gasteiger partial charge >= 0.3 is 5.97 Å². The smallest absolute Gasteiger partial charge is 0.302 e. The molecule has 5 atom stereocenters. The molecule has 0 unspecified atom stereocenters. The van der Waals surface area contributed by atoms with E-state index in [9.17, 15) is 19.8 Å². The van der Waals surface area contributed by atoms with Crippen LogP contribution in [0.5, 0.6) is 11.5 Å². The predicted octanol–water partition coefficient (Wildman–Crippen LogP) is 8.45. The number of guanidine groups is 1. The summed E-state index contributed by atoms with van der Waals surface area (Å²) in [4.78, 5) is 33.0. The molecule has 1 amide bonds. The standard InChI is InChI=1S/C46H64N4O6S2/c1-32(51)55-38-19-17-35-26-36(42(54)43-39(35)20-18-34-14-11-16-40(34)56-43)30-50-31-45(29-41(50)53,28-33-12-5-4-6-13-33)23-24-48-44(47)49-46(21-8-9-22-46)58-57-25-10-3-2-7-15-37(52)27-38/h4-6,12-13,18,20,26,34,37-38,40,52,54H,2-3,7-11,14-17,19,21-25,27-31H2,1H3,(H3,47,48,49)/t34-,37+,38-,40+,45-/m1/s1. The first-order valence-corrected chi connectivity index (χ1v) is 24.2. The Morgan fingerprint density at radius 3 is 2.66 bits per heavy atom. The van der Waals surface area contributed by atoms with E-state index in [0.29, 0.717) is 68.9 Å². The lowest BCUT2D eigenvalue weighted by molar-refractivity contribution is -0.148. The first-order valence-electron chi connectivity index (χ1n) is 21.9. The van der Waals surface area contributed by atoms with Crippen LogP contribution in [0.1, 0.15) is 132 Å². The number of nitrogens with two attached hydrogens (primary N) is 1. The molecule has 2 aliphatic carbocycles. The maximum absolute atomic E-state index is 14.1. The van der Waals surface area contributed by atoms with E-state index >= 15 is 0 Å². The number of benzene rings is 2. The molecule has 3 aliphatic heterocycles. The Morgan fingerprint density at radius 2 is 1.84 bits per heavy atom. The number of rotatable bonds is 3. The molecule has 1 spiro atoms. The highest BCUT2D eigenvalue weighted by atomic mass is 33.1. The lowest BCUT2D eigenvalue weighted by Crippen LogP contribution is -2.47. The molecule has 12 heteroatoms. The van der Waals surface area contributed by atoms with Crippen molar-refractivity contribution in [3.05, 3.63) is 64.7 Å². The number of nitrogens with one attached hydrogen (secondary N) is 1. The van der Waals surface area contributed by atoms with Gasteiger partial charge in [0.1, 0.15) is 12.2 Å². The Morgan fingerprint density at radius 1 is 1.03 bits per heavy atom. The molecule has 2 aromatic rings. The van der Waals surface area contributed by atoms with E-state index < -0.39 is 12.2 Å². The second kappa shape index (κ2) is 19.8. The molecule has 3 fully saturated rings. The maximum atomic E-state index is 14.1. The second-order valence-electron chi connectivity index (χ2n) is 17.6. The van der Waals surface area contributed by atoms with Crippen molar-refractivity contribution in [2.24, 2.45) is 22.1 Å². The summed E-state index contributed by atoms with van der Waals surface area (Å²) in [5.74, 6) is 2.07. The van der Waals surface area contributed by atoms with E-state index in [1.54, 1.807) is 0 Å². The van der Waals surface area contributed by atoms with Crippen LogP contribution in [0.25, 0.3) is 6.08 Å². The van der Waals surface area contributed by atoms with Gasteiger partial charge in [-0.2, -0.15) is 0 Å². The van der Waals surface area contributed by atoms with E-state index in [2.05, 4.69) is 29.6 Å². The number of hydrogen-bond donors (Lipinski definition) is 4. The topological polar surface area (TPSA) is 147 Å². The molecule has 5 aliphatic rings. The predicted molar refractivity (Wildman–Crippen MR) is 235 cm³/mol. The molecule has 5 N–H and O–H groups in total. The van der Waals surface area contributed by atoms with Crippen molar-refractivity contribution >= 4 is 45.5 Å². The number of aromatic hydroxyl groups is 1. The number of aliphatic imine (C=N–C) groups is 1. The van der Waals surface area contributed by atoms with Crippen LogP contribution in [-0.2, 0) is 33.7 Å². The third kappa shape index (κ3) is 11.1. The molecule has 2 aromatic carbocycles. The van der Waals surface area contributed by atoms with Gasteiger partial charge in [-0.25, -0.2) is 0 Å². The molecule has 2 saturated carbocycles. The number of fused-ring (bicyclic) bond motifs is 7. The quantitative estimate of drug-likeness (QED) is 0.176. The lowest BCUT2D eigenvalue weighted by Gasteiger charge is -2.30. The van der Waals surface area contributed by atoms with Crippen LogP contribution in [0.4, 0.5) is 0 Å². The third-order valence-electron chi connectivity index (χ3n) is 13.0. The summed E-state index contributed by atoms with van der Waals surface area (Å²) in [5.41, 5.74) is 9.92. The first kappa shape index (κ1) is 42.8. The number of phenols is 1. The van der Waals surface area contributed by atoms with Gasteiger partial charge in [0.2, 0.25) is 5.91 Å². The van der Waals surface area contributed by atoms with Gasteiger partial charge in [0, 0.05) is 67.6 Å². The van der Waals surface area contributed by atoms with Gasteiger partial charge in [0.15, 0.2) is 17.5 Å². The van der Waals surface area contributed by atoms with Crippen molar-refractivity contribution in [1.82, 2.24) is 10.2 Å². The van der Waals surface area contributed by atoms with Crippen LogP contribution in [0, 0.1) is 11.3 Å². The van der Waals surface area contributed by atoms with Gasteiger partial charge in [0.05, 0.1) is 11.0 Å². The molecule has 7 rings (SSSR count). The van der Waals surface area contributed by atoms with Crippen molar-refractivity contribution in [1.29, 1.82) is 0 Å². The number of amides is 1. The summed E-state index contributed by atoms with van der Waals surface area (Å²) in [7, 11) is 3.81. The maximum Gasteiger partial charge on any atom is 0.302 e. The summed E-state index contributed by atoms with van der Waals surface area (Å²) in [6.07, 6.45) is 18.9. The monoisotopic (exact) mass is 832 g/mol. The summed E-state index contributed by atoms with van der Waals surface area (Å²) in [6, 6.07) is 12.4. The number of aliphatic hydroxyl groups excluding tert-OH is 1. The van der Waals surface area contributed by atoms with E-state index in [0.717, 1.165) is 93.9 Å². The fourth-order valence-corrected chi connectivity index (χ4v) is 13.1. The highest BCUT2D eigenvalue weighted by Crippen LogP contribution is 2.47. The van der Waals surface area contributed by atoms with E-state index in [-0.39, 0.29) is 46.5 Å². The van der Waals surface area contributed by atoms with E-state index in [1.165, 1.54) is 12.5 Å². The first-order chi connectivity index (χ1) is 28.1. The number of hydrogen-bond acceptors (Lipinski definition) is 11. The van der Waals surface area contributed by atoms with Gasteiger partial charge in [-0.1, -0.05) is 96.2 Å². The number of aryl methyl sites for hydroxylation is 1. The zero-order chi connectivity index (χ0) is 40.5. The highest BCUT2D eigenvalue weighted by molar-refractivity contribution is 8.77. The van der Waals surface area contributed by atoms with Gasteiger partial charge in [-0.3, -0.25) is 14.6 Å². The zero-order valence-corrected chi connectivity index (χ0v) is 35.9. The average Bonchev–Trinajstić information content (AvgIpc) is 3.88. The number of nitrogens with zero attached hydrogens (tertiary/aromatic N) is 2. The molecule has 0 aromatic heterocycles. The number of phenolic OH excluding ortho intramolecular Hbond substituents is 1. The van der Waals surface area contributed by atoms with Gasteiger partial charge in [-0.15, -0.1) is 0 Å². The molecule has 10 nitrogen and oxygen atoms in total. The Kier molecular flexibility index (Phi) is 14.6. The minimum Gasteiger partial charge on any atom is -0.504 e. The van der Waals surface area contributed by atoms with Crippen LogP contribution in [0.15, 0.2) is 47.5 Å². The summed E-state index contributed by atoms with van der Waals surface area (Å²) >= 11 is 0. The lowest BCUT2D eigenvalue weighted by atomic mass is 9.78. The van der Waals surface area contributed by atoms with Crippen molar-refractivity contribution in [2.75, 3.05) is 18.8 Å². The minimum absolute atomic E-state index is 0.0141. The van der Waals surface area contributed by atoms with Crippen LogP contribution >= 0.6 is 21.6 Å². The number of aliphatic hydroxyl groups is 1. The normalized spacial score (nSPS) is 28.8. The van der Waals surface area contributed by atoms with Crippen molar-refractivity contribution in [3.8, 4) is 11.5 Å². The Bertz CT molecular complexity index is 1780. The minimum atomic E-state index is -0.569. The average molecular weight is 833 g/mol. The zero-order valence-electron chi connectivity index (χ0n) is 34.3. The number of ether oxygens (including phenoxy) is 2. The molecule has 1 saturated heterocycles. The summed E-state index contributed by atoms with van der Waals surface area (Å²) in [5, 5.41) is 26.7. The Hall–Kier alpha value is -3.35. The molecule has 316 valence electrons. The van der Waals surface area contributed by atoms with Gasteiger partial charge in [0.25, 0.3) is 0 Å². The molecular weight excluding hydrogens is 769 g/mol. The second-order valence-corrected chi connectivity index (χ2v) is 20.4. The van der Waals surface area contributed by atoms with Crippen molar-refractivity contribution in [3.63, 3.8) is 0 Å². The SMILES string of the molecule is CC(=O)O[C@@H]1CCc2cc(c(O)c3c2C=C[C@H]2CCC[C@@H]2O3)CN2C[C@@](Cc3ccccc3)(CCN=C(N)NC3(CCCC3)SSCCCCCC[C@H](O)C1)CC2=O. The van der Waals surface area contributed by atoms with Crippen LogP contribution in [-0.4, -0.2) is 75.0 Å². The number of carbonyl (C=O) groups excluding carboxylic acids is 2. The van der Waals surface area contributed by atoms with Crippen LogP contribution in [0.2, 0.25) is 0 Å². The highest BCUT2D eigenvalue weighted by Gasteiger charge is 2.44. The molecular formula is C46H64N4O6S2. The van der Waals surface area contributed by atoms with Crippen LogP contribution < -0.4 is 15.8 Å². The van der Waals surface area contributed by atoms with E-state index in [4.69, 9.17) is 20.2 Å². The van der Waals surface area contributed by atoms with Crippen LogP contribution in [0.3, 0.4) is 0 Å². The van der Waals surface area contributed by atoms with Gasteiger partial charge < -0.3 is 35.6 Å². The molecule has 3 heterocycles. The number of esters is 1. The van der Waals surface area contributed by atoms with Crippen molar-refractivity contribution in [2.45, 2.75) is 152 Å². The van der Waals surface area contributed by atoms with E-state index in [1.807, 2.05) is 50.8 Å². The largest absolute Gasteiger partial charge is 0.504 e. The Balaban J connectivity index is 1.19.